The highest BCUT2D eigenvalue weighted by Gasteiger charge is 2.37. The third kappa shape index (κ3) is 4.05. The number of hydrogen-bond acceptors (Lipinski definition) is 4. The predicted molar refractivity (Wildman–Crippen MR) is 71.1 cm³/mol. The Morgan fingerprint density at radius 1 is 1.48 bits per heavy atom. The van der Waals surface area contributed by atoms with E-state index in [0.717, 1.165) is 16.7 Å². The van der Waals surface area contributed by atoms with Crippen molar-refractivity contribution in [3.63, 3.8) is 0 Å². The molecule has 118 valence electrons. The molecule has 2 rings (SSSR count). The zero-order valence-corrected chi connectivity index (χ0v) is 12.2. The Labute approximate surface area is 123 Å². The molecule has 1 N–H and O–H groups in total. The van der Waals surface area contributed by atoms with Gasteiger partial charge in [-0.05, 0) is 0 Å². The molecular formula is C12H15F4N3OS. The van der Waals surface area contributed by atoms with E-state index in [4.69, 9.17) is 0 Å². The minimum atomic E-state index is -4.46. The molecular weight excluding hydrogens is 310 g/mol. The maximum atomic E-state index is 14.4. The van der Waals surface area contributed by atoms with E-state index in [1.807, 2.05) is 0 Å². The maximum absolute atomic E-state index is 14.4. The SMILES string of the molecule is CC(=O)NCC1(F)CCN(c2nc(C(F)(F)F)cs2)CC1. The lowest BCUT2D eigenvalue weighted by atomic mass is 9.93. The van der Waals surface area contributed by atoms with Crippen molar-refractivity contribution in [2.75, 3.05) is 24.5 Å². The Bertz CT molecular complexity index is 509. The summed E-state index contributed by atoms with van der Waals surface area (Å²) in [6.07, 6.45) is -4.16. The highest BCUT2D eigenvalue weighted by molar-refractivity contribution is 7.13. The second-order valence-corrected chi connectivity index (χ2v) is 5.90. The summed E-state index contributed by atoms with van der Waals surface area (Å²) >= 11 is 0.904. The first kappa shape index (κ1) is 16.0. The maximum Gasteiger partial charge on any atom is 0.434 e. The lowest BCUT2D eigenvalue weighted by molar-refractivity contribution is -0.140. The zero-order valence-electron chi connectivity index (χ0n) is 11.3. The smallest absolute Gasteiger partial charge is 0.353 e. The van der Waals surface area contributed by atoms with Gasteiger partial charge in [0.15, 0.2) is 10.8 Å². The van der Waals surface area contributed by atoms with Crippen LogP contribution in [0.25, 0.3) is 0 Å². The molecule has 1 aromatic heterocycles. The number of rotatable bonds is 3. The number of carbonyl (C=O) groups is 1. The molecule has 0 saturated carbocycles. The fourth-order valence-corrected chi connectivity index (χ4v) is 2.98. The Hall–Kier alpha value is -1.38. The Kier molecular flexibility index (Phi) is 4.40. The van der Waals surface area contributed by atoms with E-state index in [2.05, 4.69) is 10.3 Å². The lowest BCUT2D eigenvalue weighted by Crippen LogP contribution is -2.48. The summed E-state index contributed by atoms with van der Waals surface area (Å²) in [5.41, 5.74) is -2.43. The standard InChI is InChI=1S/C12H15F4N3OS/c1-8(20)17-7-11(13)2-4-19(5-3-11)10-18-9(6-21-10)12(14,15)16/h6H,2-5,7H2,1H3,(H,17,20). The summed E-state index contributed by atoms with van der Waals surface area (Å²) < 4.78 is 51.9. The molecule has 0 atom stereocenters. The first-order chi connectivity index (χ1) is 9.70. The third-order valence-electron chi connectivity index (χ3n) is 3.37. The van der Waals surface area contributed by atoms with E-state index in [0.29, 0.717) is 0 Å². The van der Waals surface area contributed by atoms with Gasteiger partial charge in [-0.2, -0.15) is 13.2 Å². The first-order valence-electron chi connectivity index (χ1n) is 6.41. The normalized spacial score (nSPS) is 18.6. The molecule has 1 aliphatic rings. The average Bonchev–Trinajstić information content (AvgIpc) is 2.87. The minimum absolute atomic E-state index is 0.0676. The molecule has 1 amide bonds. The van der Waals surface area contributed by atoms with Gasteiger partial charge in [-0.3, -0.25) is 4.79 Å². The van der Waals surface area contributed by atoms with Crippen LogP contribution in [-0.2, 0) is 11.0 Å². The molecule has 0 radical (unpaired) electrons. The highest BCUT2D eigenvalue weighted by Crippen LogP contribution is 2.35. The molecule has 2 heterocycles. The second kappa shape index (κ2) is 5.78. The number of anilines is 1. The number of thiazole rings is 1. The molecule has 0 spiro atoms. The quantitative estimate of drug-likeness (QED) is 0.869. The summed E-state index contributed by atoms with van der Waals surface area (Å²) in [5, 5.41) is 3.66. The number of halogens is 4. The average molecular weight is 325 g/mol. The van der Waals surface area contributed by atoms with E-state index < -0.39 is 17.5 Å². The van der Waals surface area contributed by atoms with Crippen molar-refractivity contribution in [2.45, 2.75) is 31.6 Å². The predicted octanol–water partition coefficient (Wildman–Crippen LogP) is 2.61. The molecule has 21 heavy (non-hydrogen) atoms. The Balaban J connectivity index is 1.94. The fraction of sp³-hybridized carbons (Fsp3) is 0.667. The van der Waals surface area contributed by atoms with Crippen LogP contribution in [0.15, 0.2) is 5.38 Å². The second-order valence-electron chi connectivity index (χ2n) is 5.06. The van der Waals surface area contributed by atoms with E-state index in [1.54, 1.807) is 4.90 Å². The highest BCUT2D eigenvalue weighted by atomic mass is 32.1. The molecule has 1 fully saturated rings. The number of piperidine rings is 1. The molecule has 4 nitrogen and oxygen atoms in total. The minimum Gasteiger partial charge on any atom is -0.353 e. The van der Waals surface area contributed by atoms with Gasteiger partial charge in [0.05, 0.1) is 6.54 Å². The van der Waals surface area contributed by atoms with Crippen LogP contribution in [0.2, 0.25) is 0 Å². The molecule has 1 saturated heterocycles. The van der Waals surface area contributed by atoms with E-state index >= 15 is 0 Å². The molecule has 0 unspecified atom stereocenters. The summed E-state index contributed by atoms with van der Waals surface area (Å²) in [7, 11) is 0. The molecule has 9 heteroatoms. The van der Waals surface area contributed by atoms with E-state index in [1.165, 1.54) is 6.92 Å². The Morgan fingerprint density at radius 2 is 2.10 bits per heavy atom. The Morgan fingerprint density at radius 3 is 2.57 bits per heavy atom. The van der Waals surface area contributed by atoms with Crippen molar-refractivity contribution in [1.82, 2.24) is 10.3 Å². The van der Waals surface area contributed by atoms with Gasteiger partial charge in [0, 0.05) is 38.2 Å². The fourth-order valence-electron chi connectivity index (χ4n) is 2.10. The van der Waals surface area contributed by atoms with Gasteiger partial charge in [-0.15, -0.1) is 11.3 Å². The van der Waals surface area contributed by atoms with Crippen molar-refractivity contribution >= 4 is 22.4 Å². The van der Waals surface area contributed by atoms with Crippen molar-refractivity contribution in [2.24, 2.45) is 0 Å². The van der Waals surface area contributed by atoms with Gasteiger partial charge in [0.25, 0.3) is 0 Å². The summed E-state index contributed by atoms with van der Waals surface area (Å²) in [4.78, 5) is 16.0. The van der Waals surface area contributed by atoms with Crippen molar-refractivity contribution in [3.8, 4) is 0 Å². The van der Waals surface area contributed by atoms with Gasteiger partial charge in [0.2, 0.25) is 5.91 Å². The van der Waals surface area contributed by atoms with E-state index in [9.17, 15) is 22.4 Å². The van der Waals surface area contributed by atoms with Crippen LogP contribution in [0.3, 0.4) is 0 Å². The van der Waals surface area contributed by atoms with Gasteiger partial charge in [-0.1, -0.05) is 0 Å². The number of nitrogens with zero attached hydrogens (tertiary/aromatic N) is 2. The first-order valence-corrected chi connectivity index (χ1v) is 7.29. The van der Waals surface area contributed by atoms with Gasteiger partial charge < -0.3 is 10.2 Å². The zero-order chi connectivity index (χ0) is 15.7. The van der Waals surface area contributed by atoms with Gasteiger partial charge in [0.1, 0.15) is 5.67 Å². The molecule has 0 aliphatic carbocycles. The summed E-state index contributed by atoms with van der Waals surface area (Å²) in [6.45, 7) is 1.80. The van der Waals surface area contributed by atoms with Gasteiger partial charge >= 0.3 is 6.18 Å². The summed E-state index contributed by atoms with van der Waals surface area (Å²) in [6, 6.07) is 0. The molecule has 0 bridgehead atoms. The van der Waals surface area contributed by atoms with Crippen LogP contribution in [0, 0.1) is 0 Å². The monoisotopic (exact) mass is 325 g/mol. The number of carbonyl (C=O) groups excluding carboxylic acids is 1. The molecule has 0 aromatic carbocycles. The summed E-state index contributed by atoms with van der Waals surface area (Å²) in [5.74, 6) is -0.302. The van der Waals surface area contributed by atoms with Crippen LogP contribution < -0.4 is 10.2 Å². The number of alkyl halides is 4. The van der Waals surface area contributed by atoms with Crippen LogP contribution in [-0.4, -0.2) is 36.2 Å². The number of hydrogen-bond donors (Lipinski definition) is 1. The van der Waals surface area contributed by atoms with Crippen LogP contribution in [0.5, 0.6) is 0 Å². The number of amides is 1. The van der Waals surface area contributed by atoms with Crippen LogP contribution >= 0.6 is 11.3 Å². The van der Waals surface area contributed by atoms with Crippen molar-refractivity contribution in [3.05, 3.63) is 11.1 Å². The number of nitrogens with one attached hydrogen (secondary N) is 1. The topological polar surface area (TPSA) is 45.2 Å². The van der Waals surface area contributed by atoms with Crippen LogP contribution in [0.1, 0.15) is 25.5 Å². The number of aromatic nitrogens is 1. The van der Waals surface area contributed by atoms with Crippen molar-refractivity contribution < 1.29 is 22.4 Å². The van der Waals surface area contributed by atoms with Crippen molar-refractivity contribution in [1.29, 1.82) is 0 Å². The van der Waals surface area contributed by atoms with E-state index in [-0.39, 0.29) is 43.5 Å². The van der Waals surface area contributed by atoms with Gasteiger partial charge in [-0.25, -0.2) is 9.37 Å². The molecule has 1 aliphatic heterocycles. The molecule has 1 aromatic rings. The lowest BCUT2D eigenvalue weighted by Gasteiger charge is -2.36. The largest absolute Gasteiger partial charge is 0.434 e. The van der Waals surface area contributed by atoms with Crippen LogP contribution in [0.4, 0.5) is 22.7 Å². The third-order valence-corrected chi connectivity index (χ3v) is 4.27.